The molecule has 22 heavy (non-hydrogen) atoms. The fourth-order valence-electron chi connectivity index (χ4n) is 2.36. The van der Waals surface area contributed by atoms with Crippen LogP contribution in [0.15, 0.2) is 6.07 Å². The van der Waals surface area contributed by atoms with Crippen LogP contribution in [0.1, 0.15) is 59.8 Å². The molecule has 0 aliphatic heterocycles. The smallest absolute Gasteiger partial charge is 0.332 e. The van der Waals surface area contributed by atoms with Gasteiger partial charge in [0.25, 0.3) is 5.91 Å². The molecule has 122 valence electrons. The fraction of sp³-hybridized carbons (Fsp3) is 0.533. The van der Waals surface area contributed by atoms with Crippen molar-refractivity contribution in [1.29, 1.82) is 0 Å². The minimum absolute atomic E-state index is 0.170. The number of carbonyl (C=O) groups excluding carboxylic acids is 2. The van der Waals surface area contributed by atoms with Crippen molar-refractivity contribution in [3.8, 4) is 0 Å². The average Bonchev–Trinajstić information content (AvgIpc) is 2.35. The second-order valence-electron chi connectivity index (χ2n) is 5.57. The molecule has 0 atom stereocenters. The van der Waals surface area contributed by atoms with Crippen LogP contribution < -0.4 is 0 Å². The molecule has 1 rings (SSSR count). The molecule has 1 amide bonds. The van der Waals surface area contributed by atoms with E-state index in [1.165, 1.54) is 11.8 Å². The number of amides is 1. The van der Waals surface area contributed by atoms with Crippen molar-refractivity contribution in [3.63, 3.8) is 0 Å². The van der Waals surface area contributed by atoms with E-state index >= 15 is 0 Å². The Kier molecular flexibility index (Phi) is 5.32. The van der Waals surface area contributed by atoms with Crippen molar-refractivity contribution in [2.75, 3.05) is 0 Å². The van der Waals surface area contributed by atoms with Gasteiger partial charge in [0, 0.05) is 17.6 Å². The summed E-state index contributed by atoms with van der Waals surface area (Å²) >= 11 is 0. The maximum absolute atomic E-state index is 12.9. The van der Waals surface area contributed by atoms with Crippen LogP contribution in [0, 0.1) is 6.92 Å². The molecule has 0 aromatic carbocycles. The van der Waals surface area contributed by atoms with E-state index in [1.54, 1.807) is 27.7 Å². The van der Waals surface area contributed by atoms with Gasteiger partial charge in [-0.25, -0.2) is 4.98 Å². The quantitative estimate of drug-likeness (QED) is 0.799. The number of aryl methyl sites for hydroxylation is 1. The molecule has 7 heteroatoms. The maximum Gasteiger partial charge on any atom is 0.418 e. The summed E-state index contributed by atoms with van der Waals surface area (Å²) < 4.78 is 38.6. The van der Waals surface area contributed by atoms with E-state index in [1.807, 2.05) is 0 Å². The van der Waals surface area contributed by atoms with E-state index in [-0.39, 0.29) is 35.3 Å². The molecule has 0 unspecified atom stereocenters. The number of pyridine rings is 1. The highest BCUT2D eigenvalue weighted by atomic mass is 19.4. The van der Waals surface area contributed by atoms with Gasteiger partial charge in [-0.1, -0.05) is 0 Å². The lowest BCUT2D eigenvalue weighted by molar-refractivity contribution is -0.138. The second kappa shape index (κ2) is 6.46. The monoisotopic (exact) mass is 316 g/mol. The second-order valence-corrected chi connectivity index (χ2v) is 5.57. The number of carbonyl (C=O) groups is 2. The van der Waals surface area contributed by atoms with Gasteiger partial charge in [-0.2, -0.15) is 13.2 Å². The summed E-state index contributed by atoms with van der Waals surface area (Å²) in [7, 11) is 0. The molecular formula is C15H19F3N2O2. The van der Waals surface area contributed by atoms with Gasteiger partial charge >= 0.3 is 6.18 Å². The minimum atomic E-state index is -4.62. The Morgan fingerprint density at radius 3 is 2.09 bits per heavy atom. The number of halogens is 3. The van der Waals surface area contributed by atoms with E-state index < -0.39 is 17.6 Å². The topological polar surface area (TPSA) is 50.3 Å². The largest absolute Gasteiger partial charge is 0.418 e. The fourth-order valence-corrected chi connectivity index (χ4v) is 2.36. The molecule has 0 bridgehead atoms. The summed E-state index contributed by atoms with van der Waals surface area (Å²) in [6, 6.07) is 0.342. The third kappa shape index (κ3) is 3.64. The zero-order chi connectivity index (χ0) is 17.2. The van der Waals surface area contributed by atoms with Crippen molar-refractivity contribution in [2.24, 2.45) is 0 Å². The van der Waals surface area contributed by atoms with Gasteiger partial charge in [-0.15, -0.1) is 0 Å². The Hall–Kier alpha value is -1.92. The number of hydrogen-bond donors (Lipinski definition) is 0. The SMILES string of the molecule is Cc1nc(C(=O)N(C(C)C)C(C)C)c(C=O)cc1C(F)(F)F. The first-order valence-corrected chi connectivity index (χ1v) is 6.87. The predicted molar refractivity (Wildman–Crippen MR) is 75.8 cm³/mol. The van der Waals surface area contributed by atoms with Gasteiger partial charge in [0.15, 0.2) is 6.29 Å². The van der Waals surface area contributed by atoms with Crippen LogP contribution in [0.25, 0.3) is 0 Å². The van der Waals surface area contributed by atoms with Crippen molar-refractivity contribution in [3.05, 3.63) is 28.6 Å². The van der Waals surface area contributed by atoms with Gasteiger partial charge in [0.05, 0.1) is 11.3 Å². The van der Waals surface area contributed by atoms with Crippen LogP contribution in [0.3, 0.4) is 0 Å². The Bertz CT molecular complexity index is 573. The molecule has 0 N–H and O–H groups in total. The van der Waals surface area contributed by atoms with Crippen molar-refractivity contribution in [1.82, 2.24) is 9.88 Å². The standard InChI is InChI=1S/C15H19F3N2O2/c1-8(2)20(9(3)4)14(22)13-11(7-21)6-12(10(5)19-13)15(16,17)18/h6-9H,1-5H3. The van der Waals surface area contributed by atoms with Crippen LogP contribution in [-0.2, 0) is 6.18 Å². The first-order valence-electron chi connectivity index (χ1n) is 6.87. The first-order chi connectivity index (χ1) is 10.0. The molecule has 0 fully saturated rings. The summed E-state index contributed by atoms with van der Waals surface area (Å²) in [6.45, 7) is 8.32. The molecule has 0 aliphatic rings. The molecule has 4 nitrogen and oxygen atoms in total. The minimum Gasteiger partial charge on any atom is -0.332 e. The zero-order valence-electron chi connectivity index (χ0n) is 13.2. The Labute approximate surface area is 127 Å². The Balaban J connectivity index is 3.45. The highest BCUT2D eigenvalue weighted by Gasteiger charge is 2.35. The highest BCUT2D eigenvalue weighted by Crippen LogP contribution is 2.32. The number of rotatable bonds is 4. The van der Waals surface area contributed by atoms with E-state index in [9.17, 15) is 22.8 Å². The molecule has 0 saturated heterocycles. The Morgan fingerprint density at radius 2 is 1.73 bits per heavy atom. The molecule has 1 aromatic heterocycles. The van der Waals surface area contributed by atoms with Crippen molar-refractivity contribution < 1.29 is 22.8 Å². The van der Waals surface area contributed by atoms with Gasteiger partial charge < -0.3 is 4.90 Å². The molecule has 0 aliphatic carbocycles. The lowest BCUT2D eigenvalue weighted by atomic mass is 10.1. The van der Waals surface area contributed by atoms with Gasteiger partial charge in [0.2, 0.25) is 0 Å². The summed E-state index contributed by atoms with van der Waals surface area (Å²) in [4.78, 5) is 28.9. The third-order valence-electron chi connectivity index (χ3n) is 3.22. The Morgan fingerprint density at radius 1 is 1.23 bits per heavy atom. The maximum atomic E-state index is 12.9. The van der Waals surface area contributed by atoms with Crippen LogP contribution in [0.5, 0.6) is 0 Å². The summed E-state index contributed by atoms with van der Waals surface area (Å²) in [5, 5.41) is 0. The third-order valence-corrected chi connectivity index (χ3v) is 3.22. The van der Waals surface area contributed by atoms with Gasteiger partial charge in [0.1, 0.15) is 5.69 Å². The average molecular weight is 316 g/mol. The first kappa shape index (κ1) is 18.1. The molecular weight excluding hydrogens is 297 g/mol. The highest BCUT2D eigenvalue weighted by molar-refractivity contribution is 6.00. The summed E-state index contributed by atoms with van der Waals surface area (Å²) in [6.07, 6.45) is -4.39. The number of aromatic nitrogens is 1. The van der Waals surface area contributed by atoms with Crippen molar-refractivity contribution >= 4 is 12.2 Å². The van der Waals surface area contributed by atoms with Gasteiger partial charge in [-0.05, 0) is 40.7 Å². The summed E-state index contributed by atoms with van der Waals surface area (Å²) in [5.41, 5.74) is -1.93. The zero-order valence-corrected chi connectivity index (χ0v) is 13.2. The van der Waals surface area contributed by atoms with Gasteiger partial charge in [-0.3, -0.25) is 9.59 Å². The van der Waals surface area contributed by atoms with E-state index in [4.69, 9.17) is 0 Å². The molecule has 1 aromatic rings. The van der Waals surface area contributed by atoms with Crippen LogP contribution in [0.2, 0.25) is 0 Å². The number of alkyl halides is 3. The van der Waals surface area contributed by atoms with E-state index in [0.29, 0.717) is 6.07 Å². The molecule has 0 saturated carbocycles. The number of hydrogen-bond acceptors (Lipinski definition) is 3. The normalized spacial score (nSPS) is 11.9. The number of nitrogens with zero attached hydrogens (tertiary/aromatic N) is 2. The molecule has 0 radical (unpaired) electrons. The molecule has 0 spiro atoms. The van der Waals surface area contributed by atoms with Crippen molar-refractivity contribution in [2.45, 2.75) is 52.9 Å². The lowest BCUT2D eigenvalue weighted by Crippen LogP contribution is -2.43. The van der Waals surface area contributed by atoms with Crippen LogP contribution >= 0.6 is 0 Å². The van der Waals surface area contributed by atoms with Crippen LogP contribution in [0.4, 0.5) is 13.2 Å². The predicted octanol–water partition coefficient (Wildman–Crippen LogP) is 3.48. The number of aldehydes is 1. The van der Waals surface area contributed by atoms with E-state index in [2.05, 4.69) is 4.98 Å². The summed E-state index contributed by atoms with van der Waals surface area (Å²) in [5.74, 6) is -0.552. The van der Waals surface area contributed by atoms with E-state index in [0.717, 1.165) is 0 Å². The van der Waals surface area contributed by atoms with Crippen LogP contribution in [-0.4, -0.2) is 34.2 Å². The molecule has 1 heterocycles. The lowest BCUT2D eigenvalue weighted by Gasteiger charge is -2.31.